The molecule has 14 heavy (non-hydrogen) atoms. The Labute approximate surface area is 83.7 Å². The second kappa shape index (κ2) is 4.70. The third kappa shape index (κ3) is 2.08. The minimum Gasteiger partial charge on any atom is -0.326 e. The van der Waals surface area contributed by atoms with Crippen molar-refractivity contribution in [2.75, 3.05) is 0 Å². The molecule has 1 aromatic carbocycles. The number of aryl methyl sites for hydroxylation is 2. The summed E-state index contributed by atoms with van der Waals surface area (Å²) < 4.78 is 0. The molecular weight excluding hydrogens is 176 g/mol. The van der Waals surface area contributed by atoms with Crippen LogP contribution in [0.5, 0.6) is 0 Å². The minimum atomic E-state index is 0.398. The largest absolute Gasteiger partial charge is 0.326 e. The SMILES string of the molecule is CCc1cc(C)cc(CN)c1N=C=O. The summed E-state index contributed by atoms with van der Waals surface area (Å²) in [6.45, 7) is 4.43. The first-order valence-electron chi connectivity index (χ1n) is 4.63. The summed E-state index contributed by atoms with van der Waals surface area (Å²) in [6, 6.07) is 3.98. The van der Waals surface area contributed by atoms with Gasteiger partial charge in [-0.1, -0.05) is 24.6 Å². The normalized spacial score (nSPS) is 9.64. The van der Waals surface area contributed by atoms with E-state index in [0.717, 1.165) is 23.1 Å². The number of isocyanates is 1. The highest BCUT2D eigenvalue weighted by Gasteiger charge is 2.06. The lowest BCUT2D eigenvalue weighted by Crippen LogP contribution is -1.99. The van der Waals surface area contributed by atoms with E-state index in [-0.39, 0.29) is 0 Å². The van der Waals surface area contributed by atoms with Gasteiger partial charge in [0.1, 0.15) is 0 Å². The number of aliphatic imine (C=N–C) groups is 1. The molecule has 3 heteroatoms. The Morgan fingerprint density at radius 3 is 2.57 bits per heavy atom. The van der Waals surface area contributed by atoms with Gasteiger partial charge >= 0.3 is 0 Å². The van der Waals surface area contributed by atoms with Crippen LogP contribution < -0.4 is 5.73 Å². The van der Waals surface area contributed by atoms with Crippen LogP contribution in [-0.2, 0) is 17.8 Å². The lowest BCUT2D eigenvalue weighted by Gasteiger charge is -2.08. The van der Waals surface area contributed by atoms with Crippen LogP contribution in [0.3, 0.4) is 0 Å². The van der Waals surface area contributed by atoms with Crippen LogP contribution in [0.25, 0.3) is 0 Å². The Bertz CT molecular complexity index is 354. The average molecular weight is 190 g/mol. The van der Waals surface area contributed by atoms with Crippen molar-refractivity contribution in [2.45, 2.75) is 26.8 Å². The van der Waals surface area contributed by atoms with E-state index < -0.39 is 0 Å². The number of nitrogens with zero attached hydrogens (tertiary/aromatic N) is 1. The average Bonchev–Trinajstić information content (AvgIpc) is 2.20. The zero-order valence-electron chi connectivity index (χ0n) is 8.50. The van der Waals surface area contributed by atoms with Gasteiger partial charge in [0.15, 0.2) is 0 Å². The van der Waals surface area contributed by atoms with Crippen molar-refractivity contribution in [1.82, 2.24) is 0 Å². The predicted molar refractivity (Wildman–Crippen MR) is 56.2 cm³/mol. The van der Waals surface area contributed by atoms with Crippen LogP contribution >= 0.6 is 0 Å². The van der Waals surface area contributed by atoms with E-state index in [1.807, 2.05) is 26.0 Å². The summed E-state index contributed by atoms with van der Waals surface area (Å²) in [5, 5.41) is 0. The maximum atomic E-state index is 10.3. The van der Waals surface area contributed by atoms with Crippen LogP contribution in [-0.4, -0.2) is 6.08 Å². The fourth-order valence-corrected chi connectivity index (χ4v) is 1.55. The van der Waals surface area contributed by atoms with Crippen LogP contribution in [0.1, 0.15) is 23.6 Å². The van der Waals surface area contributed by atoms with Gasteiger partial charge in [0.25, 0.3) is 0 Å². The third-order valence-electron chi connectivity index (χ3n) is 2.17. The van der Waals surface area contributed by atoms with E-state index in [2.05, 4.69) is 4.99 Å². The van der Waals surface area contributed by atoms with Gasteiger partial charge in [-0.05, 0) is 24.5 Å². The van der Waals surface area contributed by atoms with Gasteiger partial charge in [0.2, 0.25) is 6.08 Å². The fourth-order valence-electron chi connectivity index (χ4n) is 1.55. The molecule has 0 unspecified atom stereocenters. The molecule has 1 rings (SSSR count). The summed E-state index contributed by atoms with van der Waals surface area (Å²) in [7, 11) is 0. The molecule has 0 aliphatic heterocycles. The molecule has 0 saturated carbocycles. The summed E-state index contributed by atoms with van der Waals surface area (Å²) in [4.78, 5) is 14.0. The topological polar surface area (TPSA) is 55.4 Å². The molecule has 0 heterocycles. The summed E-state index contributed by atoms with van der Waals surface area (Å²) in [5.41, 5.74) is 9.38. The van der Waals surface area contributed by atoms with Crippen molar-refractivity contribution < 1.29 is 4.79 Å². The fraction of sp³-hybridized carbons (Fsp3) is 0.364. The van der Waals surface area contributed by atoms with Gasteiger partial charge < -0.3 is 5.73 Å². The third-order valence-corrected chi connectivity index (χ3v) is 2.17. The molecule has 0 amide bonds. The second-order valence-electron chi connectivity index (χ2n) is 3.19. The highest BCUT2D eigenvalue weighted by atomic mass is 16.1. The van der Waals surface area contributed by atoms with Crippen molar-refractivity contribution in [2.24, 2.45) is 10.7 Å². The molecule has 0 saturated heterocycles. The smallest absolute Gasteiger partial charge is 0.240 e. The summed E-state index contributed by atoms with van der Waals surface area (Å²) in [5.74, 6) is 0. The summed E-state index contributed by atoms with van der Waals surface area (Å²) in [6.07, 6.45) is 2.41. The van der Waals surface area contributed by atoms with E-state index in [4.69, 9.17) is 5.73 Å². The van der Waals surface area contributed by atoms with Crippen LogP contribution in [0.15, 0.2) is 17.1 Å². The molecule has 0 spiro atoms. The zero-order chi connectivity index (χ0) is 10.6. The molecule has 3 nitrogen and oxygen atoms in total. The van der Waals surface area contributed by atoms with Crippen molar-refractivity contribution in [3.8, 4) is 0 Å². The monoisotopic (exact) mass is 190 g/mol. The highest BCUT2D eigenvalue weighted by molar-refractivity contribution is 5.59. The lowest BCUT2D eigenvalue weighted by molar-refractivity contribution is 0.565. The maximum absolute atomic E-state index is 10.3. The Balaban J connectivity index is 3.39. The van der Waals surface area contributed by atoms with Gasteiger partial charge in [-0.2, -0.15) is 4.99 Å². The summed E-state index contributed by atoms with van der Waals surface area (Å²) >= 11 is 0. The quantitative estimate of drug-likeness (QED) is 0.585. The molecule has 0 atom stereocenters. The van der Waals surface area contributed by atoms with Crippen LogP contribution in [0.4, 0.5) is 5.69 Å². The van der Waals surface area contributed by atoms with Gasteiger partial charge in [-0.25, -0.2) is 4.79 Å². The number of rotatable bonds is 3. The Morgan fingerprint density at radius 2 is 2.07 bits per heavy atom. The van der Waals surface area contributed by atoms with E-state index in [1.54, 1.807) is 6.08 Å². The molecular formula is C11H14N2O. The number of benzene rings is 1. The number of hydrogen-bond donors (Lipinski definition) is 1. The molecule has 0 radical (unpaired) electrons. The first-order chi connectivity index (χ1) is 6.72. The highest BCUT2D eigenvalue weighted by Crippen LogP contribution is 2.26. The first-order valence-corrected chi connectivity index (χ1v) is 4.63. The predicted octanol–water partition coefficient (Wildman–Crippen LogP) is 1.98. The van der Waals surface area contributed by atoms with Crippen molar-refractivity contribution in [3.05, 3.63) is 28.8 Å². The van der Waals surface area contributed by atoms with E-state index in [1.165, 1.54) is 0 Å². The standard InChI is InChI=1S/C11H14N2O/c1-3-9-4-8(2)5-10(6-12)11(9)13-7-14/h4-5H,3,6,12H2,1-2H3. The first kappa shape index (κ1) is 10.6. The molecule has 0 aliphatic carbocycles. The number of carbonyl (C=O) groups excluding carboxylic acids is 1. The maximum Gasteiger partial charge on any atom is 0.240 e. The molecule has 0 fully saturated rings. The molecule has 2 N–H and O–H groups in total. The van der Waals surface area contributed by atoms with Gasteiger partial charge in [0, 0.05) is 6.54 Å². The van der Waals surface area contributed by atoms with Crippen LogP contribution in [0, 0.1) is 6.92 Å². The Morgan fingerprint density at radius 1 is 1.43 bits per heavy atom. The zero-order valence-corrected chi connectivity index (χ0v) is 8.50. The number of nitrogens with two attached hydrogens (primary N) is 1. The van der Waals surface area contributed by atoms with E-state index in [0.29, 0.717) is 12.2 Å². The van der Waals surface area contributed by atoms with Gasteiger partial charge in [0.05, 0.1) is 5.69 Å². The molecule has 0 aromatic heterocycles. The molecule has 74 valence electrons. The van der Waals surface area contributed by atoms with Gasteiger partial charge in [-0.3, -0.25) is 0 Å². The molecule has 0 aliphatic rings. The minimum absolute atomic E-state index is 0.398. The van der Waals surface area contributed by atoms with E-state index in [9.17, 15) is 4.79 Å². The van der Waals surface area contributed by atoms with Crippen LogP contribution in [0.2, 0.25) is 0 Å². The van der Waals surface area contributed by atoms with Crippen molar-refractivity contribution in [1.29, 1.82) is 0 Å². The molecule has 0 bridgehead atoms. The Hall–Kier alpha value is -1.44. The lowest BCUT2D eigenvalue weighted by atomic mass is 10.0. The van der Waals surface area contributed by atoms with E-state index >= 15 is 0 Å². The Kier molecular flexibility index (Phi) is 3.57. The van der Waals surface area contributed by atoms with Gasteiger partial charge in [-0.15, -0.1) is 0 Å². The number of hydrogen-bond acceptors (Lipinski definition) is 3. The second-order valence-corrected chi connectivity index (χ2v) is 3.19. The van der Waals surface area contributed by atoms with Crippen molar-refractivity contribution in [3.63, 3.8) is 0 Å². The molecule has 1 aromatic rings. The van der Waals surface area contributed by atoms with Crippen molar-refractivity contribution >= 4 is 11.8 Å².